The van der Waals surface area contributed by atoms with Gasteiger partial charge in [0, 0.05) is 0 Å². The van der Waals surface area contributed by atoms with Gasteiger partial charge in [0.1, 0.15) is 0 Å². The van der Waals surface area contributed by atoms with Gasteiger partial charge in [-0.2, -0.15) is 0 Å². The third-order valence-corrected chi connectivity index (χ3v) is 0. The summed E-state index contributed by atoms with van der Waals surface area (Å²) in [5, 5.41) is 42.0. The second-order valence-corrected chi connectivity index (χ2v) is 0. The molecule has 0 N–H and O–H groups in total. The van der Waals surface area contributed by atoms with Crippen molar-refractivity contribution in [1.29, 1.82) is 0 Å². The third-order valence-electron chi connectivity index (χ3n) is 0. The second-order valence-electron chi connectivity index (χ2n) is 0. The van der Waals surface area contributed by atoms with E-state index in [2.05, 4.69) is 0 Å². The summed E-state index contributed by atoms with van der Waals surface area (Å²) < 4.78 is 0. The van der Waals surface area contributed by atoms with Crippen molar-refractivity contribution in [3.8, 4) is 0 Å². The molecule has 54 valence electrons. The van der Waals surface area contributed by atoms with Gasteiger partial charge in [0.05, 0.1) is 0 Å². The van der Waals surface area contributed by atoms with Crippen molar-refractivity contribution in [2.24, 2.45) is 0 Å². The predicted molar refractivity (Wildman–Crippen MR) is 0 cm³/mol. The maximum atomic E-state index is 7.00. The topological polar surface area (TPSA) is 138 Å². The van der Waals surface area contributed by atoms with Crippen LogP contribution >= 0.6 is 0 Å². The van der Waals surface area contributed by atoms with E-state index in [0.29, 0.717) is 0 Å². The van der Waals surface area contributed by atoms with Crippen LogP contribution in [0.3, 0.4) is 0 Å². The molecule has 0 rings (SSSR count). The molecular formula is O6Tb2. The molecule has 0 saturated carbocycles. The van der Waals surface area contributed by atoms with E-state index in [1.807, 2.05) is 0 Å². The zero-order valence-electron chi connectivity index (χ0n) is 3.12. The fourth-order valence-electron chi connectivity index (χ4n) is 0. The minimum absolute atomic E-state index is 0. The van der Waals surface area contributed by atoms with Crippen molar-refractivity contribution in [2.75, 3.05) is 0 Å². The Morgan fingerprint density at radius 1 is 0.375 bits per heavy atom. The quantitative estimate of drug-likeness (QED) is 0.285. The van der Waals surface area contributed by atoms with Crippen LogP contribution in [0.15, 0.2) is 0 Å². The van der Waals surface area contributed by atoms with Crippen LogP contribution in [-0.4, -0.2) is 0 Å². The van der Waals surface area contributed by atoms with Crippen LogP contribution in [0.25, 0.3) is 0 Å². The SMILES string of the molecule is [O-][O-].[O-][O-].[O-][O-].[Tb+3].[Tb+3]. The Kier molecular flexibility index (Phi) is 471. The monoisotopic (exact) mass is 414 g/mol. The molecule has 8 heteroatoms. The van der Waals surface area contributed by atoms with Crippen LogP contribution in [-0.2, 0) is 0 Å². The van der Waals surface area contributed by atoms with E-state index in [1.54, 1.807) is 0 Å². The van der Waals surface area contributed by atoms with E-state index in [0.717, 1.165) is 0 Å². The minimum atomic E-state index is 0. The fourth-order valence-corrected chi connectivity index (χ4v) is 0. The summed E-state index contributed by atoms with van der Waals surface area (Å²) in [5.41, 5.74) is 0. The maximum Gasteiger partial charge on any atom is 3.00 e. The number of rotatable bonds is 0. The van der Waals surface area contributed by atoms with Crippen molar-refractivity contribution in [2.45, 2.75) is 0 Å². The molecule has 0 aliphatic rings. The van der Waals surface area contributed by atoms with E-state index in [4.69, 9.17) is 31.5 Å². The summed E-state index contributed by atoms with van der Waals surface area (Å²) in [5.74, 6) is 0. The van der Waals surface area contributed by atoms with E-state index in [1.165, 1.54) is 0 Å². The summed E-state index contributed by atoms with van der Waals surface area (Å²) in [7, 11) is 0. The molecule has 0 heterocycles. The van der Waals surface area contributed by atoms with Gasteiger partial charge < -0.3 is 31.5 Å². The van der Waals surface area contributed by atoms with Gasteiger partial charge in [0.2, 0.25) is 0 Å². The standard InChI is InChI=1S/3O2.2Tb/c3*1-2;;/q3*-2;2*+3. The zero-order valence-corrected chi connectivity index (χ0v) is 7.39. The van der Waals surface area contributed by atoms with Gasteiger partial charge in [-0.15, -0.1) is 0 Å². The Labute approximate surface area is 107 Å². The van der Waals surface area contributed by atoms with Crippen LogP contribution in [0, 0.1) is 77.2 Å². The molecule has 0 atom stereocenters. The Morgan fingerprint density at radius 3 is 0.375 bits per heavy atom. The zero-order chi connectivity index (χ0) is 6.00. The Bertz CT molecular complexity index is 6.49. The molecule has 0 bridgehead atoms. The molecule has 0 saturated heterocycles. The van der Waals surface area contributed by atoms with Gasteiger partial charge in [0.25, 0.3) is 0 Å². The first kappa shape index (κ1) is 31.6. The average Bonchev–Trinajstić information content (AvgIpc) is 1.81. The molecule has 0 aliphatic carbocycles. The molecule has 0 aromatic carbocycles. The Hall–Kier alpha value is 2.33. The van der Waals surface area contributed by atoms with Crippen LogP contribution in [0.2, 0.25) is 0 Å². The minimum Gasteiger partial charge on any atom is -1.00 e. The van der Waals surface area contributed by atoms with E-state index in [9.17, 15) is 0 Å². The normalized spacial score (nSPS) is 2.25. The van der Waals surface area contributed by atoms with E-state index in [-0.39, 0.29) is 77.2 Å². The summed E-state index contributed by atoms with van der Waals surface area (Å²) in [6.45, 7) is 0. The van der Waals surface area contributed by atoms with Crippen molar-refractivity contribution in [3.05, 3.63) is 0 Å². The third kappa shape index (κ3) is 82.4. The number of hydrogen-bond acceptors (Lipinski definition) is 6. The van der Waals surface area contributed by atoms with Crippen LogP contribution < -0.4 is 31.5 Å². The van der Waals surface area contributed by atoms with Gasteiger partial charge in [-0.05, 0) is 0 Å². The largest absolute Gasteiger partial charge is 3.00 e. The summed E-state index contributed by atoms with van der Waals surface area (Å²) in [6, 6.07) is 0. The molecule has 0 aromatic heterocycles. The molecule has 0 unspecified atom stereocenters. The second kappa shape index (κ2) is 119. The first-order valence-electron chi connectivity index (χ1n) is 0.500. The summed E-state index contributed by atoms with van der Waals surface area (Å²) in [6.07, 6.45) is 0. The molecule has 6 nitrogen and oxygen atoms in total. The van der Waals surface area contributed by atoms with Gasteiger partial charge >= 0.3 is 77.2 Å². The van der Waals surface area contributed by atoms with Crippen LogP contribution in [0.1, 0.15) is 0 Å². The number of hydrogen-bond donors (Lipinski definition) is 0. The molecule has 0 radical (unpaired) electrons. The molecule has 0 amide bonds. The predicted octanol–water partition coefficient (Wildman–Crippen LogP) is -7.13. The first-order chi connectivity index (χ1) is 3.00. The summed E-state index contributed by atoms with van der Waals surface area (Å²) >= 11 is 0. The van der Waals surface area contributed by atoms with Crippen molar-refractivity contribution < 1.29 is 109 Å². The fraction of sp³-hybridized carbons (Fsp3) is 0. The Morgan fingerprint density at radius 2 is 0.375 bits per heavy atom. The molecule has 0 aliphatic heterocycles. The molecular weight excluding hydrogens is 414 g/mol. The Balaban J connectivity index is -0.00000000500. The van der Waals surface area contributed by atoms with Gasteiger partial charge in [0.15, 0.2) is 0 Å². The molecule has 0 fully saturated rings. The molecule has 0 aromatic rings. The first-order valence-corrected chi connectivity index (χ1v) is 0.500. The molecule has 0 spiro atoms. The van der Waals surface area contributed by atoms with Crippen molar-refractivity contribution in [1.82, 2.24) is 0 Å². The van der Waals surface area contributed by atoms with E-state index < -0.39 is 0 Å². The van der Waals surface area contributed by atoms with E-state index >= 15 is 0 Å². The molecule has 8 heavy (non-hydrogen) atoms. The van der Waals surface area contributed by atoms with Gasteiger partial charge in [-0.25, -0.2) is 0 Å². The van der Waals surface area contributed by atoms with Crippen LogP contribution in [0.5, 0.6) is 0 Å². The van der Waals surface area contributed by atoms with Gasteiger partial charge in [-0.1, -0.05) is 0 Å². The smallest absolute Gasteiger partial charge is 1.00 e. The van der Waals surface area contributed by atoms with Crippen LogP contribution in [0.4, 0.5) is 0 Å². The van der Waals surface area contributed by atoms with Crippen molar-refractivity contribution in [3.63, 3.8) is 0 Å². The maximum absolute atomic E-state index is 7.00. The van der Waals surface area contributed by atoms with Gasteiger partial charge in [-0.3, -0.25) is 0 Å². The summed E-state index contributed by atoms with van der Waals surface area (Å²) in [4.78, 5) is 0. The average molecular weight is 414 g/mol. The van der Waals surface area contributed by atoms with Crippen molar-refractivity contribution >= 4 is 0 Å².